The van der Waals surface area contributed by atoms with E-state index in [0.717, 1.165) is 12.8 Å². The van der Waals surface area contributed by atoms with E-state index < -0.39 is 0 Å². The molecule has 0 radical (unpaired) electrons. The molecule has 0 nitrogen and oxygen atoms in total. The lowest BCUT2D eigenvalue weighted by Crippen LogP contribution is -1.83. The predicted molar refractivity (Wildman–Crippen MR) is 124 cm³/mol. The van der Waals surface area contributed by atoms with Gasteiger partial charge < -0.3 is 0 Å². The Hall–Kier alpha value is -2.20. The summed E-state index contributed by atoms with van der Waals surface area (Å²) in [5.74, 6) is 0. The molecular formula is C24H16S3. The van der Waals surface area contributed by atoms with Gasteiger partial charge in [0.05, 0.1) is 0 Å². The van der Waals surface area contributed by atoms with Crippen LogP contribution in [0.1, 0.15) is 9.75 Å². The van der Waals surface area contributed by atoms with Crippen molar-refractivity contribution in [3.63, 3.8) is 0 Å². The van der Waals surface area contributed by atoms with Crippen LogP contribution in [0.25, 0.3) is 41.7 Å². The summed E-state index contributed by atoms with van der Waals surface area (Å²) >= 11 is 5.67. The van der Waals surface area contributed by atoms with Crippen LogP contribution in [0.4, 0.5) is 0 Å². The van der Waals surface area contributed by atoms with E-state index in [0.29, 0.717) is 0 Å². The zero-order valence-electron chi connectivity index (χ0n) is 14.6. The van der Waals surface area contributed by atoms with Crippen molar-refractivity contribution in [1.29, 1.82) is 0 Å². The maximum atomic E-state index is 2.39. The number of rotatable bonds is 3. The highest BCUT2D eigenvalue weighted by Crippen LogP contribution is 2.38. The van der Waals surface area contributed by atoms with Gasteiger partial charge in [0.1, 0.15) is 0 Å². The molecular weight excluding hydrogens is 384 g/mol. The second kappa shape index (κ2) is 6.16. The molecule has 0 saturated carbocycles. The van der Waals surface area contributed by atoms with Gasteiger partial charge in [0, 0.05) is 29.9 Å². The summed E-state index contributed by atoms with van der Waals surface area (Å²) < 4.78 is 2.83. The van der Waals surface area contributed by atoms with Crippen molar-refractivity contribution in [1.82, 2.24) is 0 Å². The summed E-state index contributed by atoms with van der Waals surface area (Å²) in [4.78, 5) is 2.96. The summed E-state index contributed by atoms with van der Waals surface area (Å²) in [5, 5.41) is 12.6. The first kappa shape index (κ1) is 15.8. The minimum absolute atomic E-state index is 1.13. The van der Waals surface area contributed by atoms with Gasteiger partial charge in [-0.05, 0) is 75.5 Å². The number of benzene rings is 3. The van der Waals surface area contributed by atoms with Crippen molar-refractivity contribution in [3.05, 3.63) is 81.2 Å². The molecule has 0 spiro atoms. The van der Waals surface area contributed by atoms with Gasteiger partial charge in [0.15, 0.2) is 0 Å². The Kier molecular flexibility index (Phi) is 3.61. The van der Waals surface area contributed by atoms with E-state index >= 15 is 0 Å². The van der Waals surface area contributed by atoms with Crippen LogP contribution in [0.3, 0.4) is 0 Å². The first-order valence-corrected chi connectivity index (χ1v) is 11.7. The normalized spacial score (nSPS) is 12.0. The average molecular weight is 401 g/mol. The van der Waals surface area contributed by atoms with Crippen LogP contribution in [0.15, 0.2) is 71.4 Å². The molecule has 0 unspecified atom stereocenters. The predicted octanol–water partition coefficient (Wildman–Crippen LogP) is 8.27. The lowest BCUT2D eigenvalue weighted by atomic mass is 10.0. The highest BCUT2D eigenvalue weighted by molar-refractivity contribution is 7.20. The van der Waals surface area contributed by atoms with E-state index in [1.165, 1.54) is 51.5 Å². The van der Waals surface area contributed by atoms with Gasteiger partial charge in [0.2, 0.25) is 0 Å². The highest BCUT2D eigenvalue weighted by atomic mass is 32.1. The van der Waals surface area contributed by atoms with Crippen molar-refractivity contribution in [3.8, 4) is 0 Å². The quantitative estimate of drug-likeness (QED) is 0.262. The van der Waals surface area contributed by atoms with Gasteiger partial charge in [-0.1, -0.05) is 30.3 Å². The standard InChI is InChI=1S/C24H16S3/c1-2-19(25-10-1)7-8-20-12-18-6-5-17-13-21-16(14-22(17)24(18)27-20)4-3-15-9-11-26-23(15)21/h1-6,9-14H,7-8H2. The Morgan fingerprint density at radius 2 is 1.30 bits per heavy atom. The minimum Gasteiger partial charge on any atom is -0.149 e. The third kappa shape index (κ3) is 2.61. The molecule has 3 heterocycles. The van der Waals surface area contributed by atoms with Crippen molar-refractivity contribution in [2.45, 2.75) is 12.8 Å². The van der Waals surface area contributed by atoms with Gasteiger partial charge >= 0.3 is 0 Å². The molecule has 0 aliphatic carbocycles. The zero-order chi connectivity index (χ0) is 17.8. The van der Waals surface area contributed by atoms with Gasteiger partial charge in [0.25, 0.3) is 0 Å². The van der Waals surface area contributed by atoms with Crippen LogP contribution in [0.5, 0.6) is 0 Å². The van der Waals surface area contributed by atoms with E-state index in [-0.39, 0.29) is 0 Å². The van der Waals surface area contributed by atoms with E-state index in [4.69, 9.17) is 0 Å². The van der Waals surface area contributed by atoms with E-state index in [1.807, 2.05) is 34.0 Å². The first-order valence-electron chi connectivity index (χ1n) is 9.13. The van der Waals surface area contributed by atoms with Crippen LogP contribution in [-0.4, -0.2) is 0 Å². The molecule has 0 saturated heterocycles. The fraction of sp³-hybridized carbons (Fsp3) is 0.0833. The maximum Gasteiger partial charge on any atom is 0.0424 e. The van der Waals surface area contributed by atoms with Crippen LogP contribution < -0.4 is 0 Å². The second-order valence-electron chi connectivity index (χ2n) is 6.97. The molecule has 0 fully saturated rings. The fourth-order valence-electron chi connectivity index (χ4n) is 3.95. The van der Waals surface area contributed by atoms with Crippen molar-refractivity contribution >= 4 is 75.7 Å². The third-order valence-electron chi connectivity index (χ3n) is 5.30. The molecule has 3 aromatic heterocycles. The smallest absolute Gasteiger partial charge is 0.0424 e. The SMILES string of the molecule is c1csc(CCc2cc3ccc4cc5c(ccc6ccsc65)cc4c3s2)c1. The average Bonchev–Trinajstić information content (AvgIpc) is 3.44. The van der Waals surface area contributed by atoms with Crippen molar-refractivity contribution < 1.29 is 0 Å². The van der Waals surface area contributed by atoms with Crippen LogP contribution in [0, 0.1) is 0 Å². The summed E-state index contributed by atoms with van der Waals surface area (Å²) in [6, 6.07) is 22.9. The van der Waals surface area contributed by atoms with Crippen LogP contribution in [-0.2, 0) is 12.8 Å². The summed E-state index contributed by atoms with van der Waals surface area (Å²) in [6.45, 7) is 0. The van der Waals surface area contributed by atoms with Gasteiger partial charge in [-0.25, -0.2) is 0 Å². The number of fused-ring (bicyclic) bond motifs is 6. The minimum atomic E-state index is 1.13. The molecule has 0 N–H and O–H groups in total. The topological polar surface area (TPSA) is 0 Å². The summed E-state index contributed by atoms with van der Waals surface area (Å²) in [6.07, 6.45) is 2.27. The Morgan fingerprint density at radius 1 is 0.556 bits per heavy atom. The lowest BCUT2D eigenvalue weighted by molar-refractivity contribution is 1.01. The Labute approximate surface area is 169 Å². The number of thiophene rings is 3. The molecule has 0 amide bonds. The van der Waals surface area contributed by atoms with Gasteiger partial charge in [-0.3, -0.25) is 0 Å². The molecule has 3 aromatic carbocycles. The molecule has 6 aromatic rings. The van der Waals surface area contributed by atoms with Crippen molar-refractivity contribution in [2.24, 2.45) is 0 Å². The van der Waals surface area contributed by atoms with Crippen molar-refractivity contribution in [2.75, 3.05) is 0 Å². The van der Waals surface area contributed by atoms with E-state index in [1.54, 1.807) is 0 Å². The molecule has 0 bridgehead atoms. The van der Waals surface area contributed by atoms with Gasteiger partial charge in [-0.15, -0.1) is 34.0 Å². The molecule has 27 heavy (non-hydrogen) atoms. The molecule has 6 rings (SSSR count). The zero-order valence-corrected chi connectivity index (χ0v) is 17.0. The Bertz CT molecular complexity index is 1410. The molecule has 0 aliphatic heterocycles. The summed E-state index contributed by atoms with van der Waals surface area (Å²) in [7, 11) is 0. The van der Waals surface area contributed by atoms with Crippen LogP contribution >= 0.6 is 34.0 Å². The molecule has 3 heteroatoms. The molecule has 0 aliphatic rings. The van der Waals surface area contributed by atoms with E-state index in [2.05, 4.69) is 71.4 Å². The third-order valence-corrected chi connectivity index (χ3v) is 8.44. The molecule has 0 atom stereocenters. The van der Waals surface area contributed by atoms with E-state index in [9.17, 15) is 0 Å². The number of hydrogen-bond donors (Lipinski definition) is 0. The largest absolute Gasteiger partial charge is 0.149 e. The Morgan fingerprint density at radius 3 is 2.11 bits per heavy atom. The number of aryl methyl sites for hydroxylation is 2. The van der Waals surface area contributed by atoms with Crippen LogP contribution in [0.2, 0.25) is 0 Å². The second-order valence-corrected chi connectivity index (χ2v) is 10.1. The summed E-state index contributed by atoms with van der Waals surface area (Å²) in [5.41, 5.74) is 0. The maximum absolute atomic E-state index is 2.39. The Balaban J connectivity index is 1.51. The fourth-order valence-corrected chi connectivity index (χ4v) is 6.77. The van der Waals surface area contributed by atoms with Gasteiger partial charge in [-0.2, -0.15) is 0 Å². The number of hydrogen-bond acceptors (Lipinski definition) is 3. The molecule has 130 valence electrons. The highest BCUT2D eigenvalue weighted by Gasteiger charge is 2.09. The monoisotopic (exact) mass is 400 g/mol. The lowest BCUT2D eigenvalue weighted by Gasteiger charge is -2.05. The first-order chi connectivity index (χ1) is 13.3.